The molecule has 4 aromatic rings. The summed E-state index contributed by atoms with van der Waals surface area (Å²) in [6, 6.07) is 8.65. The SMILES string of the molecule is COc1cc(CN(Cc2cn3c4c(c(F)c(F)cc4c2=O)CCCC3)[C@]2([Si])CCCN(c3ccc(N)nc3)C2)ccn1. The third-order valence-corrected chi connectivity index (χ3v) is 9.18. The molecule has 3 aromatic heterocycles. The Morgan fingerprint density at radius 2 is 1.98 bits per heavy atom. The molecule has 217 valence electrons. The molecular weight excluding hydrogens is 554 g/mol. The van der Waals surface area contributed by atoms with Gasteiger partial charge in [-0.2, -0.15) is 0 Å². The average Bonchev–Trinajstić information content (AvgIpc) is 3.21. The van der Waals surface area contributed by atoms with Crippen LogP contribution in [-0.2, 0) is 26.1 Å². The van der Waals surface area contributed by atoms with Gasteiger partial charge in [-0.15, -0.1) is 0 Å². The summed E-state index contributed by atoms with van der Waals surface area (Å²) < 4.78 is 36.9. The zero-order chi connectivity index (χ0) is 29.4. The molecule has 1 atom stereocenters. The summed E-state index contributed by atoms with van der Waals surface area (Å²) in [4.78, 5) is 27.0. The van der Waals surface area contributed by atoms with E-state index >= 15 is 0 Å². The number of hydrogen-bond acceptors (Lipinski definition) is 7. The van der Waals surface area contributed by atoms with Crippen LogP contribution in [0.2, 0.25) is 0 Å². The summed E-state index contributed by atoms with van der Waals surface area (Å²) in [5.41, 5.74) is 8.84. The lowest BCUT2D eigenvalue weighted by molar-refractivity contribution is 0.123. The van der Waals surface area contributed by atoms with E-state index in [2.05, 4.69) is 30.0 Å². The molecule has 2 aliphatic heterocycles. The molecule has 0 spiro atoms. The number of aromatic nitrogens is 3. The Balaban J connectivity index is 1.42. The zero-order valence-electron chi connectivity index (χ0n) is 23.6. The first-order valence-corrected chi connectivity index (χ1v) is 14.7. The molecule has 8 nitrogen and oxygen atoms in total. The summed E-state index contributed by atoms with van der Waals surface area (Å²) in [6.45, 7) is 2.91. The predicted molar refractivity (Wildman–Crippen MR) is 160 cm³/mol. The smallest absolute Gasteiger partial charge is 0.213 e. The first kappa shape index (κ1) is 28.3. The van der Waals surface area contributed by atoms with Crippen molar-refractivity contribution in [3.8, 4) is 5.88 Å². The number of nitrogens with two attached hydrogens (primary N) is 1. The van der Waals surface area contributed by atoms with Gasteiger partial charge < -0.3 is 19.9 Å². The first-order valence-electron chi connectivity index (χ1n) is 14.2. The topological polar surface area (TPSA) is 89.5 Å². The third kappa shape index (κ3) is 5.38. The average molecular weight is 588 g/mol. The lowest BCUT2D eigenvalue weighted by atomic mass is 9.99. The fourth-order valence-corrected chi connectivity index (χ4v) is 6.83. The fraction of sp³-hybridized carbons (Fsp3) is 0.387. The molecule has 0 saturated carbocycles. The second kappa shape index (κ2) is 11.4. The van der Waals surface area contributed by atoms with E-state index in [4.69, 9.17) is 10.5 Å². The Kier molecular flexibility index (Phi) is 7.71. The minimum absolute atomic E-state index is 0.232. The molecule has 0 amide bonds. The minimum Gasteiger partial charge on any atom is -0.481 e. The van der Waals surface area contributed by atoms with E-state index in [-0.39, 0.29) is 10.8 Å². The molecule has 42 heavy (non-hydrogen) atoms. The molecule has 11 heteroatoms. The summed E-state index contributed by atoms with van der Waals surface area (Å²) in [6.07, 6.45) is 9.02. The highest BCUT2D eigenvalue weighted by Gasteiger charge is 2.37. The van der Waals surface area contributed by atoms with Crippen molar-refractivity contribution in [1.29, 1.82) is 0 Å². The van der Waals surface area contributed by atoms with Gasteiger partial charge in [-0.25, -0.2) is 18.7 Å². The Morgan fingerprint density at radius 3 is 2.76 bits per heavy atom. The molecule has 1 aromatic carbocycles. The number of halogens is 2. The van der Waals surface area contributed by atoms with Crippen molar-refractivity contribution in [1.82, 2.24) is 19.4 Å². The molecule has 3 radical (unpaired) electrons. The molecule has 0 unspecified atom stereocenters. The number of benzene rings is 1. The number of pyridine rings is 3. The lowest BCUT2D eigenvalue weighted by Gasteiger charge is -2.48. The molecule has 0 aliphatic carbocycles. The van der Waals surface area contributed by atoms with Crippen LogP contribution in [0.3, 0.4) is 0 Å². The molecule has 2 N–H and O–H groups in total. The van der Waals surface area contributed by atoms with Crippen molar-refractivity contribution in [3.63, 3.8) is 0 Å². The van der Waals surface area contributed by atoms with Gasteiger partial charge in [-0.1, -0.05) is 0 Å². The van der Waals surface area contributed by atoms with Gasteiger partial charge in [0, 0.05) is 72.9 Å². The van der Waals surface area contributed by atoms with E-state index in [1.807, 2.05) is 29.0 Å². The maximum absolute atomic E-state index is 14.8. The third-order valence-electron chi connectivity index (χ3n) is 8.45. The molecule has 1 saturated heterocycles. The molecule has 1 fully saturated rings. The van der Waals surface area contributed by atoms with Crippen LogP contribution in [0.5, 0.6) is 5.88 Å². The van der Waals surface area contributed by atoms with Crippen molar-refractivity contribution in [2.24, 2.45) is 0 Å². The monoisotopic (exact) mass is 587 g/mol. The van der Waals surface area contributed by atoms with Gasteiger partial charge in [0.15, 0.2) is 17.1 Å². The van der Waals surface area contributed by atoms with Crippen LogP contribution in [0.1, 0.15) is 42.4 Å². The largest absolute Gasteiger partial charge is 0.481 e. The number of methoxy groups -OCH3 is 1. The Hall–Kier alpha value is -3.83. The van der Waals surface area contributed by atoms with Crippen LogP contribution in [0.25, 0.3) is 10.9 Å². The fourth-order valence-electron chi connectivity index (χ4n) is 6.30. The highest BCUT2D eigenvalue weighted by molar-refractivity contribution is 6.15. The number of nitrogens with zero attached hydrogens (tertiary/aromatic N) is 5. The van der Waals surface area contributed by atoms with Crippen molar-refractivity contribution in [3.05, 3.63) is 87.5 Å². The van der Waals surface area contributed by atoms with Gasteiger partial charge in [0.2, 0.25) is 5.88 Å². The normalized spacial score (nSPS) is 18.8. The number of nitrogen functional groups attached to an aromatic ring is 1. The summed E-state index contributed by atoms with van der Waals surface area (Å²) in [7, 11) is 5.75. The van der Waals surface area contributed by atoms with Crippen molar-refractivity contribution in [2.45, 2.75) is 56.9 Å². The van der Waals surface area contributed by atoms with Crippen LogP contribution < -0.4 is 20.8 Å². The van der Waals surface area contributed by atoms with Gasteiger partial charge >= 0.3 is 0 Å². The quantitative estimate of drug-likeness (QED) is 0.325. The molecule has 6 rings (SSSR count). The van der Waals surface area contributed by atoms with E-state index in [1.165, 1.54) is 0 Å². The second-order valence-electron chi connectivity index (χ2n) is 11.2. The number of rotatable bonds is 7. The van der Waals surface area contributed by atoms with Crippen LogP contribution in [0.15, 0.2) is 53.7 Å². The maximum Gasteiger partial charge on any atom is 0.213 e. The van der Waals surface area contributed by atoms with E-state index in [0.29, 0.717) is 60.9 Å². The number of hydrogen-bond donors (Lipinski definition) is 1. The van der Waals surface area contributed by atoms with Gasteiger partial charge in [0.25, 0.3) is 0 Å². The van der Waals surface area contributed by atoms with Gasteiger partial charge in [0.1, 0.15) is 5.82 Å². The van der Waals surface area contributed by atoms with Gasteiger partial charge in [-0.3, -0.25) is 9.69 Å². The van der Waals surface area contributed by atoms with Crippen molar-refractivity contribution in [2.75, 3.05) is 30.8 Å². The van der Waals surface area contributed by atoms with E-state index < -0.39 is 16.8 Å². The van der Waals surface area contributed by atoms with E-state index in [9.17, 15) is 13.6 Å². The summed E-state index contributed by atoms with van der Waals surface area (Å²) >= 11 is 0. The Morgan fingerprint density at radius 1 is 1.12 bits per heavy atom. The van der Waals surface area contributed by atoms with Crippen LogP contribution in [0.4, 0.5) is 20.3 Å². The van der Waals surface area contributed by atoms with Gasteiger partial charge in [-0.05, 0) is 61.9 Å². The molecule has 0 bridgehead atoms. The highest BCUT2D eigenvalue weighted by atomic mass is 28.1. The van der Waals surface area contributed by atoms with Gasteiger partial charge in [0.05, 0.1) is 34.8 Å². The minimum atomic E-state index is -0.974. The highest BCUT2D eigenvalue weighted by Crippen LogP contribution is 2.32. The number of aryl methyl sites for hydroxylation is 2. The van der Waals surface area contributed by atoms with Crippen LogP contribution >= 0.6 is 0 Å². The maximum atomic E-state index is 14.8. The zero-order valence-corrected chi connectivity index (χ0v) is 24.6. The second-order valence-corrected chi connectivity index (χ2v) is 12.2. The van der Waals surface area contributed by atoms with E-state index in [1.54, 1.807) is 25.6 Å². The Labute approximate surface area is 246 Å². The first-order chi connectivity index (χ1) is 20.3. The standard InChI is InChI=1S/C31H33F2N6O2Si/c1-41-27-13-20(8-10-35-27)16-39(31(42)9-4-12-38(19-31)22-6-7-26(34)36-15-22)18-21-17-37-11-3-2-5-23-28(33)25(32)14-24(29(23)37)30(21)40/h6-8,10,13-15,17H,2-5,9,11-12,16,18-19H2,1H3,(H2,34,36)/t31-/m0/s1. The number of ether oxygens (including phenoxy) is 1. The molecular formula is C31H33F2N6O2Si. The number of anilines is 2. The summed E-state index contributed by atoms with van der Waals surface area (Å²) in [5, 5.41) is -0.287. The molecule has 2 aliphatic rings. The molecule has 5 heterocycles. The lowest BCUT2D eigenvalue weighted by Crippen LogP contribution is -2.59. The van der Waals surface area contributed by atoms with Crippen molar-refractivity contribution >= 4 is 32.7 Å². The van der Waals surface area contributed by atoms with Crippen molar-refractivity contribution < 1.29 is 13.5 Å². The predicted octanol–water partition coefficient (Wildman–Crippen LogP) is 4.16. The summed E-state index contributed by atoms with van der Waals surface area (Å²) in [5.74, 6) is -0.857. The Bertz CT molecular complexity index is 1680. The van der Waals surface area contributed by atoms with Crippen LogP contribution in [0, 0.1) is 11.6 Å². The van der Waals surface area contributed by atoms with E-state index in [0.717, 1.165) is 49.5 Å². The van der Waals surface area contributed by atoms with Crippen LogP contribution in [-0.4, -0.2) is 55.0 Å². The number of piperidine rings is 1.